The molecule has 0 saturated heterocycles. The van der Waals surface area contributed by atoms with Crippen molar-refractivity contribution in [2.75, 3.05) is 14.1 Å². The van der Waals surface area contributed by atoms with E-state index in [2.05, 4.69) is 21.0 Å². The van der Waals surface area contributed by atoms with Crippen molar-refractivity contribution in [3.8, 4) is 5.75 Å². The molecule has 0 aliphatic carbocycles. The molecule has 8 heteroatoms. The Labute approximate surface area is 107 Å². The van der Waals surface area contributed by atoms with E-state index in [1.54, 1.807) is 24.5 Å². The molecular formula is C9H10BrN3O3S. The number of hydrogen-bond donors (Lipinski definition) is 0. The quantitative estimate of drug-likeness (QED) is 0.855. The van der Waals surface area contributed by atoms with Crippen molar-refractivity contribution in [2.45, 2.75) is 0 Å². The number of nitrogens with zero attached hydrogens (tertiary/aromatic N) is 3. The molecule has 0 aliphatic rings. The van der Waals surface area contributed by atoms with Crippen LogP contribution in [0.3, 0.4) is 0 Å². The van der Waals surface area contributed by atoms with E-state index in [0.29, 0.717) is 9.99 Å². The second-order valence-corrected chi connectivity index (χ2v) is 6.18. The summed E-state index contributed by atoms with van der Waals surface area (Å²) in [6.45, 7) is 0. The summed E-state index contributed by atoms with van der Waals surface area (Å²) in [4.78, 5) is 0. The predicted molar refractivity (Wildman–Crippen MR) is 66.1 cm³/mol. The molecule has 2 aromatic heterocycles. The van der Waals surface area contributed by atoms with Gasteiger partial charge in [-0.3, -0.25) is 0 Å². The van der Waals surface area contributed by atoms with Gasteiger partial charge in [0, 0.05) is 24.8 Å². The first-order valence-electron chi connectivity index (χ1n) is 4.65. The van der Waals surface area contributed by atoms with Crippen LogP contribution in [0, 0.1) is 0 Å². The van der Waals surface area contributed by atoms with Crippen LogP contribution in [0.25, 0.3) is 5.52 Å². The van der Waals surface area contributed by atoms with Crippen LogP contribution in [-0.4, -0.2) is 36.4 Å². The van der Waals surface area contributed by atoms with E-state index in [1.165, 1.54) is 18.6 Å². The van der Waals surface area contributed by atoms with Crippen molar-refractivity contribution in [1.29, 1.82) is 0 Å². The number of pyridine rings is 1. The van der Waals surface area contributed by atoms with Crippen LogP contribution in [0.15, 0.2) is 29.0 Å². The molecule has 0 N–H and O–H groups in total. The monoisotopic (exact) mass is 319 g/mol. The molecule has 0 atom stereocenters. The fraction of sp³-hybridized carbons (Fsp3) is 0.222. The van der Waals surface area contributed by atoms with Crippen LogP contribution in [0.2, 0.25) is 0 Å². The van der Waals surface area contributed by atoms with Gasteiger partial charge in [0.15, 0.2) is 5.75 Å². The summed E-state index contributed by atoms with van der Waals surface area (Å²) < 4.78 is 31.5. The first-order chi connectivity index (χ1) is 7.90. The smallest absolute Gasteiger partial charge is 0.368 e. The van der Waals surface area contributed by atoms with E-state index in [0.717, 1.165) is 4.31 Å². The largest absolute Gasteiger partial charge is 0.384 e. The highest BCUT2D eigenvalue weighted by molar-refractivity contribution is 9.10. The van der Waals surface area contributed by atoms with Crippen molar-refractivity contribution >= 4 is 31.8 Å². The van der Waals surface area contributed by atoms with Crippen molar-refractivity contribution in [3.05, 3.63) is 29.0 Å². The minimum Gasteiger partial charge on any atom is -0.368 e. The summed E-state index contributed by atoms with van der Waals surface area (Å²) in [5, 5.41) is 4.01. The third-order valence-corrected chi connectivity index (χ3v) is 3.80. The van der Waals surface area contributed by atoms with Gasteiger partial charge in [-0.25, -0.2) is 4.52 Å². The molecule has 0 spiro atoms. The summed E-state index contributed by atoms with van der Waals surface area (Å²) in [7, 11) is -0.959. The number of hydrogen-bond acceptors (Lipinski definition) is 4. The van der Waals surface area contributed by atoms with E-state index >= 15 is 0 Å². The van der Waals surface area contributed by atoms with Crippen LogP contribution < -0.4 is 4.18 Å². The fourth-order valence-corrected chi connectivity index (χ4v) is 2.13. The van der Waals surface area contributed by atoms with Crippen molar-refractivity contribution in [3.63, 3.8) is 0 Å². The van der Waals surface area contributed by atoms with E-state index in [9.17, 15) is 8.42 Å². The number of aromatic nitrogens is 2. The molecule has 0 radical (unpaired) electrons. The van der Waals surface area contributed by atoms with Gasteiger partial charge in [0.25, 0.3) is 0 Å². The van der Waals surface area contributed by atoms with E-state index in [1.807, 2.05) is 0 Å². The lowest BCUT2D eigenvalue weighted by atomic mass is 10.4. The van der Waals surface area contributed by atoms with Crippen LogP contribution in [0.5, 0.6) is 5.75 Å². The molecule has 0 unspecified atom stereocenters. The second-order valence-electron chi connectivity index (χ2n) is 3.51. The number of halogens is 1. The van der Waals surface area contributed by atoms with Gasteiger partial charge >= 0.3 is 10.3 Å². The summed E-state index contributed by atoms with van der Waals surface area (Å²) in [6, 6.07) is 3.25. The highest BCUT2D eigenvalue weighted by Gasteiger charge is 2.18. The Kier molecular flexibility index (Phi) is 3.11. The van der Waals surface area contributed by atoms with Gasteiger partial charge in [0.1, 0.15) is 5.52 Å². The Morgan fingerprint density at radius 2 is 2.18 bits per heavy atom. The van der Waals surface area contributed by atoms with Crippen LogP contribution in [0.4, 0.5) is 0 Å². The zero-order chi connectivity index (χ0) is 12.6. The van der Waals surface area contributed by atoms with Crippen molar-refractivity contribution in [1.82, 2.24) is 13.9 Å². The third kappa shape index (κ3) is 2.43. The Balaban J connectivity index is 2.52. The van der Waals surface area contributed by atoms with Gasteiger partial charge in [0.2, 0.25) is 0 Å². The van der Waals surface area contributed by atoms with E-state index < -0.39 is 10.3 Å². The van der Waals surface area contributed by atoms with Gasteiger partial charge in [-0.05, 0) is 28.1 Å². The van der Waals surface area contributed by atoms with Gasteiger partial charge in [0.05, 0.1) is 6.20 Å². The summed E-state index contributed by atoms with van der Waals surface area (Å²) in [5.74, 6) is 0.227. The highest BCUT2D eigenvalue weighted by atomic mass is 79.9. The molecule has 0 bridgehead atoms. The average Bonchev–Trinajstić information content (AvgIpc) is 2.64. The summed E-state index contributed by atoms with van der Waals surface area (Å²) >= 11 is 3.26. The zero-order valence-electron chi connectivity index (χ0n) is 9.16. The Morgan fingerprint density at radius 1 is 1.47 bits per heavy atom. The Hall–Kier alpha value is -1.12. The van der Waals surface area contributed by atoms with Crippen LogP contribution >= 0.6 is 15.9 Å². The number of fused-ring (bicyclic) bond motifs is 1. The van der Waals surface area contributed by atoms with Crippen LogP contribution in [0.1, 0.15) is 0 Å². The van der Waals surface area contributed by atoms with Gasteiger partial charge in [-0.1, -0.05) is 0 Å². The fourth-order valence-electron chi connectivity index (χ4n) is 1.22. The molecular weight excluding hydrogens is 310 g/mol. The standard InChI is InChI=1S/C9H10BrN3O3S/c1-12(2)17(14,15)16-9-5-7(10)6-13-8(9)3-4-11-13/h3-6H,1-2H3. The lowest BCUT2D eigenvalue weighted by molar-refractivity contribution is 0.422. The Morgan fingerprint density at radius 3 is 2.82 bits per heavy atom. The van der Waals surface area contributed by atoms with Gasteiger partial charge in [-0.15, -0.1) is 0 Å². The lowest BCUT2D eigenvalue weighted by Crippen LogP contribution is -2.27. The minimum absolute atomic E-state index is 0.227. The van der Waals surface area contributed by atoms with E-state index in [-0.39, 0.29) is 5.75 Å². The number of rotatable bonds is 3. The maximum Gasteiger partial charge on any atom is 0.384 e. The maximum atomic E-state index is 11.6. The summed E-state index contributed by atoms with van der Waals surface area (Å²) in [5.41, 5.74) is 0.582. The predicted octanol–water partition coefficient (Wildman–Crippen LogP) is 1.28. The molecule has 6 nitrogen and oxygen atoms in total. The van der Waals surface area contributed by atoms with Gasteiger partial charge in [-0.2, -0.15) is 17.8 Å². The van der Waals surface area contributed by atoms with Crippen molar-refractivity contribution < 1.29 is 12.6 Å². The van der Waals surface area contributed by atoms with Crippen molar-refractivity contribution in [2.24, 2.45) is 0 Å². The molecule has 0 aromatic carbocycles. The third-order valence-electron chi connectivity index (χ3n) is 2.08. The molecule has 0 saturated carbocycles. The highest BCUT2D eigenvalue weighted by Crippen LogP contribution is 2.25. The SMILES string of the molecule is CN(C)S(=O)(=O)Oc1cc(Br)cn2nccc12. The molecule has 92 valence electrons. The average molecular weight is 320 g/mol. The molecule has 2 aromatic rings. The molecule has 2 rings (SSSR count). The molecule has 17 heavy (non-hydrogen) atoms. The topological polar surface area (TPSA) is 63.9 Å². The van der Waals surface area contributed by atoms with Gasteiger partial charge < -0.3 is 4.18 Å². The molecule has 0 amide bonds. The minimum atomic E-state index is -3.77. The normalized spacial score (nSPS) is 12.2. The summed E-state index contributed by atoms with van der Waals surface area (Å²) in [6.07, 6.45) is 3.28. The molecule has 0 fully saturated rings. The first kappa shape index (κ1) is 12.3. The second kappa shape index (κ2) is 4.28. The lowest BCUT2D eigenvalue weighted by Gasteiger charge is -2.12. The Bertz CT molecular complexity index is 651. The van der Waals surface area contributed by atoms with Crippen LogP contribution in [-0.2, 0) is 10.3 Å². The zero-order valence-corrected chi connectivity index (χ0v) is 11.6. The molecule has 0 aliphatic heterocycles. The van der Waals surface area contributed by atoms with E-state index in [4.69, 9.17) is 4.18 Å². The first-order valence-corrected chi connectivity index (χ1v) is 6.81. The maximum absolute atomic E-state index is 11.6. The molecule has 2 heterocycles.